The number of carbonyl (C=O) groups is 2. The van der Waals surface area contributed by atoms with Crippen LogP contribution in [0.5, 0.6) is 0 Å². The highest BCUT2D eigenvalue weighted by Gasteiger charge is 2.31. The Bertz CT molecular complexity index is 908. The molecule has 0 aliphatic rings. The molecular weight excluding hydrogens is 416 g/mol. The summed E-state index contributed by atoms with van der Waals surface area (Å²) >= 11 is 0. The standard InChI is InChI=1S/C20H17F6NO3/c21-19(22,23)14-5-1-3-12(7-14)9-16(11-18(29)30)27-17(28)10-13-4-2-6-15(8-13)20(24,25)26/h1-8,16H,9-11H2,(H,27,28)(H,29,30). The van der Waals surface area contributed by atoms with Gasteiger partial charge in [0.15, 0.2) is 0 Å². The Hall–Kier alpha value is -3.04. The van der Waals surface area contributed by atoms with Crippen molar-refractivity contribution in [3.05, 3.63) is 70.8 Å². The summed E-state index contributed by atoms with van der Waals surface area (Å²) < 4.78 is 76.8. The topological polar surface area (TPSA) is 66.4 Å². The molecule has 2 N–H and O–H groups in total. The number of carbonyl (C=O) groups excluding carboxylic acids is 1. The number of alkyl halides is 6. The molecule has 0 bridgehead atoms. The number of nitrogens with one attached hydrogen (secondary N) is 1. The molecule has 0 heterocycles. The summed E-state index contributed by atoms with van der Waals surface area (Å²) in [5.74, 6) is -2.03. The smallest absolute Gasteiger partial charge is 0.416 e. The number of hydrogen-bond acceptors (Lipinski definition) is 2. The molecule has 0 aliphatic heterocycles. The zero-order valence-corrected chi connectivity index (χ0v) is 15.3. The number of amides is 1. The Balaban J connectivity index is 2.11. The van der Waals surface area contributed by atoms with Crippen molar-refractivity contribution in [2.24, 2.45) is 0 Å². The molecule has 0 aromatic heterocycles. The molecule has 162 valence electrons. The van der Waals surface area contributed by atoms with Crippen molar-refractivity contribution in [1.82, 2.24) is 5.32 Å². The van der Waals surface area contributed by atoms with Gasteiger partial charge in [-0.2, -0.15) is 26.3 Å². The molecule has 4 nitrogen and oxygen atoms in total. The van der Waals surface area contributed by atoms with Crippen molar-refractivity contribution in [1.29, 1.82) is 0 Å². The van der Waals surface area contributed by atoms with Crippen molar-refractivity contribution in [3.8, 4) is 0 Å². The third kappa shape index (κ3) is 7.09. The fourth-order valence-corrected chi connectivity index (χ4v) is 2.87. The molecule has 0 fully saturated rings. The summed E-state index contributed by atoms with van der Waals surface area (Å²) in [5.41, 5.74) is -1.62. The normalized spacial score (nSPS) is 13.0. The number of benzene rings is 2. The number of hydrogen-bond donors (Lipinski definition) is 2. The first-order chi connectivity index (χ1) is 13.8. The van der Waals surface area contributed by atoms with Gasteiger partial charge in [0.1, 0.15) is 0 Å². The molecule has 10 heteroatoms. The van der Waals surface area contributed by atoms with Crippen molar-refractivity contribution in [2.75, 3.05) is 0 Å². The minimum Gasteiger partial charge on any atom is -0.481 e. The summed E-state index contributed by atoms with van der Waals surface area (Å²) in [4.78, 5) is 23.3. The van der Waals surface area contributed by atoms with Gasteiger partial charge < -0.3 is 10.4 Å². The summed E-state index contributed by atoms with van der Waals surface area (Å²) in [6.07, 6.45) is -10.4. The van der Waals surface area contributed by atoms with Gasteiger partial charge in [0.05, 0.1) is 24.0 Å². The van der Waals surface area contributed by atoms with Crippen LogP contribution >= 0.6 is 0 Å². The van der Waals surface area contributed by atoms with E-state index < -0.39 is 54.2 Å². The lowest BCUT2D eigenvalue weighted by Gasteiger charge is -2.18. The molecule has 0 saturated heterocycles. The van der Waals surface area contributed by atoms with E-state index in [1.807, 2.05) is 0 Å². The van der Waals surface area contributed by atoms with Gasteiger partial charge in [0.25, 0.3) is 0 Å². The van der Waals surface area contributed by atoms with E-state index >= 15 is 0 Å². The Morgan fingerprint density at radius 1 is 0.867 bits per heavy atom. The quantitative estimate of drug-likeness (QED) is 0.634. The minimum absolute atomic E-state index is 0.0652. The Morgan fingerprint density at radius 2 is 1.37 bits per heavy atom. The first-order valence-electron chi connectivity index (χ1n) is 8.68. The SMILES string of the molecule is O=C(O)CC(Cc1cccc(C(F)(F)F)c1)NC(=O)Cc1cccc(C(F)(F)F)c1. The Morgan fingerprint density at radius 3 is 1.87 bits per heavy atom. The summed E-state index contributed by atoms with van der Waals surface area (Å²) in [6.45, 7) is 0. The maximum Gasteiger partial charge on any atom is 0.416 e. The summed E-state index contributed by atoms with van der Waals surface area (Å²) in [5, 5.41) is 11.4. The Labute approximate surface area is 167 Å². The molecule has 0 radical (unpaired) electrons. The summed E-state index contributed by atoms with van der Waals surface area (Å²) in [6, 6.07) is 7.32. The lowest BCUT2D eigenvalue weighted by atomic mass is 10.0. The lowest BCUT2D eigenvalue weighted by molar-refractivity contribution is -0.139. The van der Waals surface area contributed by atoms with Crippen LogP contribution in [0.25, 0.3) is 0 Å². The van der Waals surface area contributed by atoms with Crippen molar-refractivity contribution in [2.45, 2.75) is 37.7 Å². The van der Waals surface area contributed by atoms with Crippen LogP contribution in [0.3, 0.4) is 0 Å². The molecule has 0 saturated carbocycles. The monoisotopic (exact) mass is 433 g/mol. The molecule has 2 aromatic carbocycles. The molecular formula is C20H17F6NO3. The van der Waals surface area contributed by atoms with Gasteiger partial charge in [0, 0.05) is 6.04 Å². The van der Waals surface area contributed by atoms with Gasteiger partial charge in [0.2, 0.25) is 5.91 Å². The van der Waals surface area contributed by atoms with Crippen LogP contribution in [-0.2, 0) is 34.8 Å². The van der Waals surface area contributed by atoms with Gasteiger partial charge in [-0.15, -0.1) is 0 Å². The van der Waals surface area contributed by atoms with Gasteiger partial charge >= 0.3 is 18.3 Å². The van der Waals surface area contributed by atoms with E-state index in [1.165, 1.54) is 18.2 Å². The molecule has 30 heavy (non-hydrogen) atoms. The van der Waals surface area contributed by atoms with E-state index in [2.05, 4.69) is 5.32 Å². The second-order valence-corrected chi connectivity index (χ2v) is 6.64. The zero-order valence-electron chi connectivity index (χ0n) is 15.3. The first-order valence-corrected chi connectivity index (χ1v) is 8.68. The molecule has 0 spiro atoms. The van der Waals surface area contributed by atoms with E-state index in [4.69, 9.17) is 5.11 Å². The van der Waals surface area contributed by atoms with Crippen LogP contribution in [0.15, 0.2) is 48.5 Å². The van der Waals surface area contributed by atoms with E-state index in [-0.39, 0.29) is 17.5 Å². The number of rotatable bonds is 7. The number of halogens is 6. The molecule has 2 aromatic rings. The average Bonchev–Trinajstić information content (AvgIpc) is 2.60. The predicted molar refractivity (Wildman–Crippen MR) is 94.5 cm³/mol. The fraction of sp³-hybridized carbons (Fsp3) is 0.300. The maximum absolute atomic E-state index is 12.8. The van der Waals surface area contributed by atoms with Crippen molar-refractivity contribution >= 4 is 11.9 Å². The van der Waals surface area contributed by atoms with Crippen LogP contribution < -0.4 is 5.32 Å². The van der Waals surface area contributed by atoms with E-state index in [1.54, 1.807) is 0 Å². The van der Waals surface area contributed by atoms with Gasteiger partial charge in [-0.05, 0) is 29.7 Å². The third-order valence-corrected chi connectivity index (χ3v) is 4.14. The van der Waals surface area contributed by atoms with Crippen LogP contribution in [-0.4, -0.2) is 23.0 Å². The average molecular weight is 433 g/mol. The first kappa shape index (κ1) is 23.2. The second-order valence-electron chi connectivity index (χ2n) is 6.64. The van der Waals surface area contributed by atoms with E-state index in [0.717, 1.165) is 30.3 Å². The molecule has 0 aliphatic carbocycles. The predicted octanol–water partition coefficient (Wildman–Crippen LogP) is 4.47. The number of carboxylic acid groups (broad SMARTS) is 1. The van der Waals surface area contributed by atoms with Crippen molar-refractivity contribution < 1.29 is 41.0 Å². The number of carboxylic acids is 1. The highest BCUT2D eigenvalue weighted by atomic mass is 19.4. The largest absolute Gasteiger partial charge is 0.481 e. The van der Waals surface area contributed by atoms with Gasteiger partial charge in [-0.1, -0.05) is 36.4 Å². The third-order valence-electron chi connectivity index (χ3n) is 4.14. The van der Waals surface area contributed by atoms with Gasteiger partial charge in [-0.3, -0.25) is 9.59 Å². The molecule has 1 amide bonds. The van der Waals surface area contributed by atoms with Crippen LogP contribution in [0.4, 0.5) is 26.3 Å². The van der Waals surface area contributed by atoms with Crippen LogP contribution in [0.1, 0.15) is 28.7 Å². The van der Waals surface area contributed by atoms with Crippen LogP contribution in [0.2, 0.25) is 0 Å². The zero-order chi connectivity index (χ0) is 22.5. The maximum atomic E-state index is 12.8. The van der Waals surface area contributed by atoms with Crippen LogP contribution in [0, 0.1) is 0 Å². The van der Waals surface area contributed by atoms with E-state index in [0.29, 0.717) is 0 Å². The minimum atomic E-state index is -4.58. The lowest BCUT2D eigenvalue weighted by Crippen LogP contribution is -2.39. The van der Waals surface area contributed by atoms with E-state index in [9.17, 15) is 35.9 Å². The Kier molecular flexibility index (Phi) is 7.12. The second kappa shape index (κ2) is 9.19. The van der Waals surface area contributed by atoms with Crippen molar-refractivity contribution in [3.63, 3.8) is 0 Å². The molecule has 2 rings (SSSR count). The van der Waals surface area contributed by atoms with Gasteiger partial charge in [-0.25, -0.2) is 0 Å². The number of aliphatic carboxylic acids is 1. The molecule has 1 unspecified atom stereocenters. The highest BCUT2D eigenvalue weighted by molar-refractivity contribution is 5.79. The summed E-state index contributed by atoms with van der Waals surface area (Å²) in [7, 11) is 0. The molecule has 1 atom stereocenters. The fourth-order valence-electron chi connectivity index (χ4n) is 2.87. The highest BCUT2D eigenvalue weighted by Crippen LogP contribution is 2.30.